The number of hydrogen-bond donors (Lipinski definition) is 0. The van der Waals surface area contributed by atoms with Gasteiger partial charge in [0.25, 0.3) is 0 Å². The van der Waals surface area contributed by atoms with Gasteiger partial charge in [0.15, 0.2) is 0 Å². The molecule has 1 unspecified atom stereocenters. The first-order valence-electron chi connectivity index (χ1n) is 4.76. The van der Waals surface area contributed by atoms with Gasteiger partial charge in [-0.1, -0.05) is 51.1 Å². The van der Waals surface area contributed by atoms with Gasteiger partial charge in [-0.2, -0.15) is 0 Å². The molecule has 13 heavy (non-hydrogen) atoms. The van der Waals surface area contributed by atoms with Gasteiger partial charge in [0, 0.05) is 0 Å². The Morgan fingerprint density at radius 3 is 1.77 bits per heavy atom. The first-order chi connectivity index (χ1) is 6.22. The highest BCUT2D eigenvalue weighted by Crippen LogP contribution is 2.22. The second-order valence-electron chi connectivity index (χ2n) is 3.44. The summed E-state index contributed by atoms with van der Waals surface area (Å²) >= 11 is 0. The van der Waals surface area contributed by atoms with Crippen molar-refractivity contribution in [2.75, 3.05) is 0 Å². The van der Waals surface area contributed by atoms with E-state index in [-0.39, 0.29) is 0 Å². The van der Waals surface area contributed by atoms with Crippen LogP contribution in [0.4, 0.5) is 0 Å². The second kappa shape index (κ2) is 6.47. The summed E-state index contributed by atoms with van der Waals surface area (Å²) in [5, 5.41) is 0. The van der Waals surface area contributed by atoms with Crippen molar-refractivity contribution < 1.29 is 0 Å². The zero-order valence-electron chi connectivity index (χ0n) is 8.96. The van der Waals surface area contributed by atoms with Gasteiger partial charge in [0.2, 0.25) is 0 Å². The van der Waals surface area contributed by atoms with Gasteiger partial charge >= 0.3 is 0 Å². The van der Waals surface area contributed by atoms with Gasteiger partial charge in [-0.3, -0.25) is 0 Å². The van der Waals surface area contributed by atoms with E-state index < -0.39 is 0 Å². The van der Waals surface area contributed by atoms with Crippen LogP contribution >= 0.6 is 0 Å². The zero-order valence-corrected chi connectivity index (χ0v) is 8.96. The number of hydrogen-bond acceptors (Lipinski definition) is 0. The number of benzene rings is 1. The average Bonchev–Trinajstić information content (AvgIpc) is 2.21. The van der Waals surface area contributed by atoms with Crippen LogP contribution in [0.25, 0.3) is 0 Å². The highest BCUT2D eigenvalue weighted by molar-refractivity contribution is 5.18. The van der Waals surface area contributed by atoms with Crippen LogP contribution in [0.5, 0.6) is 0 Å². The van der Waals surface area contributed by atoms with Crippen molar-refractivity contribution in [3.05, 3.63) is 49.1 Å². The van der Waals surface area contributed by atoms with E-state index in [9.17, 15) is 0 Å². The Balaban J connectivity index is 0.000000671. The van der Waals surface area contributed by atoms with Gasteiger partial charge in [-0.15, -0.1) is 13.2 Å². The average molecular weight is 176 g/mol. The van der Waals surface area contributed by atoms with Crippen LogP contribution in [-0.4, -0.2) is 0 Å². The third-order valence-corrected chi connectivity index (χ3v) is 2.33. The maximum atomic E-state index is 3.00. The molecule has 0 heterocycles. The third-order valence-electron chi connectivity index (χ3n) is 2.33. The van der Waals surface area contributed by atoms with E-state index in [4.69, 9.17) is 0 Å². The quantitative estimate of drug-likeness (QED) is 0.591. The summed E-state index contributed by atoms with van der Waals surface area (Å²) in [5.74, 6) is 1.41. The molecule has 72 valence electrons. The van der Waals surface area contributed by atoms with Crippen molar-refractivity contribution in [2.24, 2.45) is 5.92 Å². The van der Waals surface area contributed by atoms with Crippen molar-refractivity contribution in [3.63, 3.8) is 0 Å². The molecule has 0 nitrogen and oxygen atoms in total. The molecule has 0 aliphatic rings. The molecule has 0 aromatic heterocycles. The predicted octanol–water partition coefficient (Wildman–Crippen LogP) is 4.25. The van der Waals surface area contributed by atoms with Gasteiger partial charge in [-0.05, 0) is 17.4 Å². The Hall–Kier alpha value is -1.04. The molecule has 0 heteroatoms. The lowest BCUT2D eigenvalue weighted by molar-refractivity contribution is 0.535. The van der Waals surface area contributed by atoms with Gasteiger partial charge < -0.3 is 0 Å². The molecule has 0 saturated heterocycles. The molecular formula is C13H20. The summed E-state index contributed by atoms with van der Waals surface area (Å²) in [7, 11) is 0. The van der Waals surface area contributed by atoms with Crippen LogP contribution in [0.15, 0.2) is 43.5 Å². The fourth-order valence-corrected chi connectivity index (χ4v) is 1.14. The largest absolute Gasteiger partial charge is 0.106 e. The Bertz CT molecular complexity index is 211. The molecule has 0 bridgehead atoms. The Kier molecular flexibility index (Phi) is 5.96. The maximum absolute atomic E-state index is 3.00. The second-order valence-corrected chi connectivity index (χ2v) is 3.44. The van der Waals surface area contributed by atoms with Crippen LogP contribution in [0, 0.1) is 5.92 Å². The first-order valence-corrected chi connectivity index (χ1v) is 4.76. The lowest BCUT2D eigenvalue weighted by atomic mass is 9.91. The summed E-state index contributed by atoms with van der Waals surface area (Å²) in [6.45, 7) is 12.8. The third kappa shape index (κ3) is 3.93. The van der Waals surface area contributed by atoms with Crippen LogP contribution in [0.3, 0.4) is 0 Å². The lowest BCUT2D eigenvalue weighted by Crippen LogP contribution is -2.00. The van der Waals surface area contributed by atoms with Crippen molar-refractivity contribution in [1.82, 2.24) is 0 Å². The van der Waals surface area contributed by atoms with Gasteiger partial charge in [0.05, 0.1) is 0 Å². The summed E-state index contributed by atoms with van der Waals surface area (Å²) < 4.78 is 0. The highest BCUT2D eigenvalue weighted by Gasteiger charge is 2.07. The minimum atomic E-state index is 0.677. The van der Waals surface area contributed by atoms with Gasteiger partial charge in [-0.25, -0.2) is 0 Å². The van der Waals surface area contributed by atoms with Crippen molar-refractivity contribution in [3.8, 4) is 0 Å². The first kappa shape index (κ1) is 12.0. The standard InChI is InChI=1S/C11H16.C2H4/c1-9(2)10(3)11-7-5-4-6-8-11;1-2/h4-10H,1-3H3;1-2H2. The summed E-state index contributed by atoms with van der Waals surface area (Å²) in [5.41, 5.74) is 1.45. The SMILES string of the molecule is C=C.CC(C)C(C)c1ccccc1. The molecule has 0 spiro atoms. The molecule has 0 radical (unpaired) electrons. The Morgan fingerprint density at radius 1 is 0.923 bits per heavy atom. The summed E-state index contributed by atoms with van der Waals surface area (Å²) in [6, 6.07) is 10.7. The molecule has 0 fully saturated rings. The fraction of sp³-hybridized carbons (Fsp3) is 0.385. The minimum Gasteiger partial charge on any atom is -0.106 e. The summed E-state index contributed by atoms with van der Waals surface area (Å²) in [6.07, 6.45) is 0. The van der Waals surface area contributed by atoms with E-state index in [0.29, 0.717) is 5.92 Å². The molecule has 0 saturated carbocycles. The molecular weight excluding hydrogens is 156 g/mol. The number of rotatable bonds is 2. The predicted molar refractivity (Wildman–Crippen MR) is 60.9 cm³/mol. The molecule has 1 aromatic rings. The van der Waals surface area contributed by atoms with E-state index in [1.54, 1.807) is 0 Å². The lowest BCUT2D eigenvalue weighted by Gasteiger charge is -2.15. The monoisotopic (exact) mass is 176 g/mol. The van der Waals surface area contributed by atoms with Crippen molar-refractivity contribution in [2.45, 2.75) is 26.7 Å². The van der Waals surface area contributed by atoms with E-state index in [1.807, 2.05) is 0 Å². The minimum absolute atomic E-state index is 0.677. The molecule has 1 atom stereocenters. The van der Waals surface area contributed by atoms with E-state index in [1.165, 1.54) is 5.56 Å². The van der Waals surface area contributed by atoms with E-state index in [0.717, 1.165) is 5.92 Å². The van der Waals surface area contributed by atoms with Crippen LogP contribution in [0.2, 0.25) is 0 Å². The molecule has 1 rings (SSSR count). The van der Waals surface area contributed by atoms with Crippen molar-refractivity contribution in [1.29, 1.82) is 0 Å². The Labute approximate surface area is 82.3 Å². The van der Waals surface area contributed by atoms with Crippen LogP contribution < -0.4 is 0 Å². The fourth-order valence-electron chi connectivity index (χ4n) is 1.14. The molecule has 0 N–H and O–H groups in total. The zero-order chi connectivity index (χ0) is 10.3. The molecule has 1 aromatic carbocycles. The topological polar surface area (TPSA) is 0 Å². The molecule has 0 aliphatic carbocycles. The van der Waals surface area contributed by atoms with Crippen molar-refractivity contribution >= 4 is 0 Å². The van der Waals surface area contributed by atoms with E-state index >= 15 is 0 Å². The Morgan fingerprint density at radius 2 is 1.38 bits per heavy atom. The van der Waals surface area contributed by atoms with Gasteiger partial charge in [0.1, 0.15) is 0 Å². The van der Waals surface area contributed by atoms with Crippen LogP contribution in [-0.2, 0) is 0 Å². The summed E-state index contributed by atoms with van der Waals surface area (Å²) in [4.78, 5) is 0. The molecule has 0 amide bonds. The highest BCUT2D eigenvalue weighted by atomic mass is 14.1. The van der Waals surface area contributed by atoms with E-state index in [2.05, 4.69) is 64.3 Å². The normalized spacial score (nSPS) is 11.7. The molecule has 0 aliphatic heterocycles. The smallest absolute Gasteiger partial charge is 0.0167 e. The van der Waals surface area contributed by atoms with Crippen LogP contribution in [0.1, 0.15) is 32.3 Å². The maximum Gasteiger partial charge on any atom is -0.0167 e.